The molecule has 4 fully saturated rings. The maximum atomic E-state index is 14.3. The molecule has 16 heteroatoms. The Bertz CT molecular complexity index is 1860. The molecule has 2 heterocycles. The predicted octanol–water partition coefficient (Wildman–Crippen LogP) is 5.70. The summed E-state index contributed by atoms with van der Waals surface area (Å²) < 4.78 is 39.6. The molecule has 1 aliphatic heterocycles. The number of carbonyl (C=O) groups is 4. The number of aromatic nitrogens is 2. The standard InChI is InChI=1S/C36H50N6O9S.C4H10.3H2/c1-4-22-18-36(22,34(45)41-52(48,49)24-14-15-24)40-32(44)31-25(5-2)29(20-42(31)30(43)19-37-35(46)47)51-33-27(10-8-6-7-9-21-11-12-21)38-26-16-13-23(50-3)17-28(26)39-33;1-4(2)3;;;/h13,16-17,21-22,24-25,29,31,37H,4-12,14-15,18-20H2,1-3H3,(H,40,44)(H,41,45)(H,46,47);4H,1-3H3;3*1H/t22-,25-,29+,31+,36-;;;;/m1..../s1. The van der Waals surface area contributed by atoms with Crippen LogP contribution in [0.15, 0.2) is 18.2 Å². The number of carboxylic acid groups (broad SMARTS) is 1. The Labute approximate surface area is 335 Å². The lowest BCUT2D eigenvalue weighted by Crippen LogP contribution is -2.58. The normalized spacial score (nSPS) is 24.2. The van der Waals surface area contributed by atoms with Crippen LogP contribution >= 0.6 is 0 Å². The topological polar surface area (TPSA) is 206 Å². The molecule has 6 rings (SSSR count). The Balaban J connectivity index is 0.00000164. The minimum atomic E-state index is -3.87. The molecule has 5 atom stereocenters. The number of rotatable bonds is 18. The van der Waals surface area contributed by atoms with Crippen LogP contribution in [0.25, 0.3) is 11.0 Å². The molecule has 1 saturated heterocycles. The Morgan fingerprint density at radius 2 is 1.73 bits per heavy atom. The van der Waals surface area contributed by atoms with E-state index in [2.05, 4.69) is 36.1 Å². The van der Waals surface area contributed by atoms with Gasteiger partial charge in [-0.1, -0.05) is 73.1 Å². The predicted molar refractivity (Wildman–Crippen MR) is 217 cm³/mol. The highest BCUT2D eigenvalue weighted by Gasteiger charge is 2.62. The summed E-state index contributed by atoms with van der Waals surface area (Å²) in [5.41, 5.74) is 0.442. The molecule has 2 aromatic rings. The first kappa shape index (κ1) is 42.9. The summed E-state index contributed by atoms with van der Waals surface area (Å²) in [4.78, 5) is 63.7. The van der Waals surface area contributed by atoms with Crippen molar-refractivity contribution in [2.24, 2.45) is 23.7 Å². The maximum absolute atomic E-state index is 14.3. The van der Waals surface area contributed by atoms with Gasteiger partial charge in [0.1, 0.15) is 35.7 Å². The minimum absolute atomic E-state index is 0. The lowest BCUT2D eigenvalue weighted by atomic mass is 9.93. The van der Waals surface area contributed by atoms with Crippen molar-refractivity contribution in [2.45, 2.75) is 135 Å². The van der Waals surface area contributed by atoms with Crippen molar-refractivity contribution in [1.82, 2.24) is 30.2 Å². The van der Waals surface area contributed by atoms with Gasteiger partial charge in [-0.15, -0.1) is 0 Å². The van der Waals surface area contributed by atoms with Crippen LogP contribution in [-0.4, -0.2) is 95.3 Å². The zero-order chi connectivity index (χ0) is 40.8. The SMILES string of the molecule is CC(C)C.CC[C@@H]1[C@@H](Oc2nc3cc(OC)ccc3nc2CCCCCC2CC2)CN(C(=O)CNC(=O)O)[C@@H]1C(=O)N[C@]1(C(=O)NS(=O)(=O)C2CC2)C[C@H]1CC.[HH].[HH].[HH]. The van der Waals surface area contributed by atoms with E-state index in [-0.39, 0.29) is 29.0 Å². The van der Waals surface area contributed by atoms with Gasteiger partial charge in [-0.2, -0.15) is 0 Å². The summed E-state index contributed by atoms with van der Waals surface area (Å²) in [5.74, 6) is -0.370. The van der Waals surface area contributed by atoms with E-state index in [1.807, 2.05) is 26.0 Å². The fourth-order valence-electron chi connectivity index (χ4n) is 7.51. The molecule has 4 amide bonds. The number of methoxy groups -OCH3 is 1. The molecule has 316 valence electrons. The zero-order valence-electron chi connectivity index (χ0n) is 33.6. The number of hydrogen-bond acceptors (Lipinski definition) is 10. The number of nitrogens with zero attached hydrogens (tertiary/aromatic N) is 3. The van der Waals surface area contributed by atoms with E-state index in [1.165, 1.54) is 24.2 Å². The van der Waals surface area contributed by atoms with Gasteiger partial charge in [0.25, 0.3) is 5.91 Å². The van der Waals surface area contributed by atoms with Crippen molar-refractivity contribution in [3.63, 3.8) is 0 Å². The smallest absolute Gasteiger partial charge is 0.405 e. The van der Waals surface area contributed by atoms with Crippen LogP contribution in [0.3, 0.4) is 0 Å². The lowest BCUT2D eigenvalue weighted by molar-refractivity contribution is -0.140. The zero-order valence-corrected chi connectivity index (χ0v) is 34.5. The van der Waals surface area contributed by atoms with Crippen molar-refractivity contribution in [3.05, 3.63) is 23.9 Å². The first-order chi connectivity index (χ1) is 26.6. The van der Waals surface area contributed by atoms with Crippen molar-refractivity contribution >= 4 is 44.9 Å². The van der Waals surface area contributed by atoms with Crippen molar-refractivity contribution in [2.75, 3.05) is 20.2 Å². The summed E-state index contributed by atoms with van der Waals surface area (Å²) >= 11 is 0. The third-order valence-corrected chi connectivity index (χ3v) is 12.8. The second-order valence-corrected chi connectivity index (χ2v) is 18.4. The molecule has 3 aliphatic carbocycles. The van der Waals surface area contributed by atoms with Crippen LogP contribution in [0.4, 0.5) is 4.79 Å². The van der Waals surface area contributed by atoms with E-state index in [1.54, 1.807) is 13.2 Å². The molecule has 0 bridgehead atoms. The van der Waals surface area contributed by atoms with Gasteiger partial charge in [0.2, 0.25) is 27.7 Å². The quantitative estimate of drug-likeness (QED) is 0.135. The van der Waals surface area contributed by atoms with E-state index in [0.717, 1.165) is 31.1 Å². The van der Waals surface area contributed by atoms with Crippen LogP contribution in [0.1, 0.15) is 115 Å². The van der Waals surface area contributed by atoms with Gasteiger partial charge >= 0.3 is 6.09 Å². The van der Waals surface area contributed by atoms with Crippen molar-refractivity contribution in [3.8, 4) is 11.6 Å². The van der Waals surface area contributed by atoms with Crippen LogP contribution in [-0.2, 0) is 30.8 Å². The molecule has 15 nitrogen and oxygen atoms in total. The molecule has 4 N–H and O–H groups in total. The van der Waals surface area contributed by atoms with Crippen LogP contribution in [0, 0.1) is 23.7 Å². The van der Waals surface area contributed by atoms with Gasteiger partial charge < -0.3 is 30.1 Å². The van der Waals surface area contributed by atoms with E-state index in [4.69, 9.17) is 19.4 Å². The Morgan fingerprint density at radius 1 is 1.02 bits per heavy atom. The average Bonchev–Trinajstić information content (AvgIpc) is 4.03. The molecule has 56 heavy (non-hydrogen) atoms. The molecular weight excluding hydrogens is 741 g/mol. The summed E-state index contributed by atoms with van der Waals surface area (Å²) in [5, 5.41) is 13.5. The Hall–Kier alpha value is -4.21. The molecule has 1 aromatic carbocycles. The number of amides is 4. The van der Waals surface area contributed by atoms with Gasteiger partial charge in [0.15, 0.2) is 0 Å². The summed E-state index contributed by atoms with van der Waals surface area (Å²) in [6, 6.07) is 4.28. The number of fused-ring (bicyclic) bond motifs is 1. The van der Waals surface area contributed by atoms with Gasteiger partial charge in [-0.05, 0) is 68.4 Å². The number of sulfonamides is 1. The number of likely N-dealkylation sites (tertiary alicyclic amines) is 1. The number of benzene rings is 1. The Morgan fingerprint density at radius 3 is 2.32 bits per heavy atom. The van der Waals surface area contributed by atoms with Crippen LogP contribution < -0.4 is 24.8 Å². The number of aryl methyl sites for hydroxylation is 1. The van der Waals surface area contributed by atoms with E-state index < -0.39 is 69.2 Å². The molecule has 0 spiro atoms. The second kappa shape index (κ2) is 18.4. The molecule has 3 saturated carbocycles. The third kappa shape index (κ3) is 10.8. The third-order valence-electron chi connectivity index (χ3n) is 11.0. The highest BCUT2D eigenvalue weighted by molar-refractivity contribution is 7.91. The van der Waals surface area contributed by atoms with Gasteiger partial charge in [0.05, 0.1) is 29.9 Å². The van der Waals surface area contributed by atoms with Crippen LogP contribution in [0.5, 0.6) is 11.6 Å². The number of nitrogens with one attached hydrogen (secondary N) is 3. The van der Waals surface area contributed by atoms with E-state index in [0.29, 0.717) is 54.6 Å². The number of unbranched alkanes of at least 4 members (excludes halogenated alkanes) is 2. The second-order valence-electron chi connectivity index (χ2n) is 16.4. The van der Waals surface area contributed by atoms with Crippen LogP contribution in [0.2, 0.25) is 0 Å². The highest BCUT2D eigenvalue weighted by atomic mass is 32.2. The number of carbonyl (C=O) groups excluding carboxylic acids is 3. The monoisotopic (exact) mass is 806 g/mol. The van der Waals surface area contributed by atoms with Crippen molar-refractivity contribution < 1.29 is 46.5 Å². The molecule has 1 aromatic heterocycles. The van der Waals surface area contributed by atoms with Crippen molar-refractivity contribution in [1.29, 1.82) is 0 Å². The summed E-state index contributed by atoms with van der Waals surface area (Å²) in [7, 11) is -2.31. The minimum Gasteiger partial charge on any atom is -0.497 e. The molecule has 0 unspecified atom stereocenters. The molecule has 4 aliphatic rings. The Kier molecular flexibility index (Phi) is 14.1. The fraction of sp³-hybridized carbons (Fsp3) is 0.700. The van der Waals surface area contributed by atoms with Gasteiger partial charge in [0, 0.05) is 16.3 Å². The maximum Gasteiger partial charge on any atom is 0.405 e. The largest absolute Gasteiger partial charge is 0.497 e. The number of hydrogen-bond donors (Lipinski definition) is 4. The summed E-state index contributed by atoms with van der Waals surface area (Å²) in [6.07, 6.45) is 7.52. The van der Waals surface area contributed by atoms with E-state index >= 15 is 0 Å². The molecule has 0 radical (unpaired) electrons. The van der Waals surface area contributed by atoms with E-state index in [9.17, 15) is 32.7 Å². The fourth-order valence-corrected chi connectivity index (χ4v) is 8.87. The highest BCUT2D eigenvalue weighted by Crippen LogP contribution is 2.47. The van der Waals surface area contributed by atoms with Gasteiger partial charge in [-0.25, -0.2) is 23.2 Å². The average molecular weight is 807 g/mol. The summed E-state index contributed by atoms with van der Waals surface area (Å²) in [6.45, 7) is 9.58. The first-order valence-electron chi connectivity index (χ1n) is 20.3. The molecular formula is C40H66N6O9S. The lowest BCUT2D eigenvalue weighted by Gasteiger charge is -2.29. The number of ether oxygens (including phenoxy) is 2. The first-order valence-corrected chi connectivity index (χ1v) is 21.8. The van der Waals surface area contributed by atoms with Gasteiger partial charge in [-0.3, -0.25) is 19.1 Å².